The summed E-state index contributed by atoms with van der Waals surface area (Å²) in [7, 11) is -3.57. The van der Waals surface area contributed by atoms with Crippen LogP contribution in [0.25, 0.3) is 0 Å². The molecule has 8 heteroatoms. The molecule has 1 unspecified atom stereocenters. The topological polar surface area (TPSA) is 92.5 Å². The zero-order chi connectivity index (χ0) is 17.8. The first kappa shape index (κ1) is 22.9. The monoisotopic (exact) mass is 377 g/mol. The second-order valence-corrected chi connectivity index (χ2v) is 7.57. The molecule has 0 saturated heterocycles. The van der Waals surface area contributed by atoms with E-state index >= 15 is 0 Å². The fourth-order valence-corrected chi connectivity index (χ4v) is 3.75. The van der Waals surface area contributed by atoms with Crippen LogP contribution in [-0.2, 0) is 14.8 Å². The third kappa shape index (κ3) is 4.92. The lowest BCUT2D eigenvalue weighted by atomic mass is 10.1. The van der Waals surface area contributed by atoms with Crippen molar-refractivity contribution in [2.75, 3.05) is 25.0 Å². The number of hydrogen-bond acceptors (Lipinski definition) is 4. The van der Waals surface area contributed by atoms with Crippen LogP contribution in [0.5, 0.6) is 0 Å². The molecule has 1 rings (SSSR count). The van der Waals surface area contributed by atoms with Crippen molar-refractivity contribution in [1.29, 1.82) is 0 Å². The van der Waals surface area contributed by atoms with E-state index in [1.165, 1.54) is 10.4 Å². The average molecular weight is 378 g/mol. The minimum Gasteiger partial charge on any atom is -0.330 e. The summed E-state index contributed by atoms with van der Waals surface area (Å²) in [4.78, 5) is 12.3. The van der Waals surface area contributed by atoms with E-state index in [0.29, 0.717) is 18.8 Å². The highest BCUT2D eigenvalue weighted by molar-refractivity contribution is 7.89. The van der Waals surface area contributed by atoms with Crippen molar-refractivity contribution in [3.63, 3.8) is 0 Å². The first-order valence-electron chi connectivity index (χ1n) is 7.81. The van der Waals surface area contributed by atoms with Gasteiger partial charge in [-0.3, -0.25) is 4.79 Å². The number of benzene rings is 1. The summed E-state index contributed by atoms with van der Waals surface area (Å²) in [5, 5.41) is 2.79. The molecule has 0 aliphatic heterocycles. The van der Waals surface area contributed by atoms with Gasteiger partial charge in [-0.2, -0.15) is 4.31 Å². The number of anilines is 1. The Balaban J connectivity index is 0.00000529. The Hall–Kier alpha value is -1.15. The summed E-state index contributed by atoms with van der Waals surface area (Å²) in [5.74, 6) is -0.551. The van der Waals surface area contributed by atoms with E-state index < -0.39 is 10.0 Å². The Kier molecular flexibility index (Phi) is 8.91. The summed E-state index contributed by atoms with van der Waals surface area (Å²) < 4.78 is 26.8. The van der Waals surface area contributed by atoms with Gasteiger partial charge in [0.1, 0.15) is 0 Å². The normalized spacial score (nSPS) is 12.6. The van der Waals surface area contributed by atoms with Crippen molar-refractivity contribution in [2.45, 2.75) is 39.5 Å². The molecule has 138 valence electrons. The number of hydrogen-bond donors (Lipinski definition) is 2. The summed E-state index contributed by atoms with van der Waals surface area (Å²) in [6.45, 7) is 10.1. The Morgan fingerprint density at radius 2 is 1.79 bits per heavy atom. The predicted molar refractivity (Wildman–Crippen MR) is 100 cm³/mol. The molecule has 6 nitrogen and oxygen atoms in total. The Morgan fingerprint density at radius 1 is 1.25 bits per heavy atom. The van der Waals surface area contributed by atoms with Gasteiger partial charge in [-0.1, -0.05) is 20.8 Å². The number of sulfonamides is 1. The largest absolute Gasteiger partial charge is 0.330 e. The first-order chi connectivity index (χ1) is 10.7. The molecule has 0 fully saturated rings. The van der Waals surface area contributed by atoms with Crippen LogP contribution in [-0.4, -0.2) is 38.3 Å². The minimum absolute atomic E-state index is 0. The molecule has 1 aromatic carbocycles. The van der Waals surface area contributed by atoms with Gasteiger partial charge in [0.2, 0.25) is 15.9 Å². The maximum Gasteiger partial charge on any atom is 0.243 e. The SMILES string of the molecule is CCN(CC)S(=O)(=O)c1cc(C)c(C)c(NC(=O)C(C)CN)c1.Cl. The maximum atomic E-state index is 12.7. The highest BCUT2D eigenvalue weighted by Crippen LogP contribution is 2.26. The standard InChI is InChI=1S/C16H27N3O3S.ClH/c1-6-19(7-2)23(21,22)14-8-11(3)13(5)15(9-14)18-16(20)12(4)10-17;/h8-9,12H,6-7,10,17H2,1-5H3,(H,18,20);1H. The van der Waals surface area contributed by atoms with Crippen LogP contribution >= 0.6 is 12.4 Å². The van der Waals surface area contributed by atoms with Crippen molar-refractivity contribution >= 4 is 34.0 Å². The number of aryl methyl sites for hydroxylation is 1. The molecular weight excluding hydrogens is 350 g/mol. The fraction of sp³-hybridized carbons (Fsp3) is 0.562. The summed E-state index contributed by atoms with van der Waals surface area (Å²) >= 11 is 0. The van der Waals surface area contributed by atoms with Crippen LogP contribution in [0.15, 0.2) is 17.0 Å². The molecule has 1 aromatic rings. The van der Waals surface area contributed by atoms with Gasteiger partial charge >= 0.3 is 0 Å². The molecule has 0 heterocycles. The van der Waals surface area contributed by atoms with E-state index in [0.717, 1.165) is 11.1 Å². The third-order valence-electron chi connectivity index (χ3n) is 4.04. The molecule has 0 aliphatic rings. The molecule has 0 aromatic heterocycles. The zero-order valence-corrected chi connectivity index (χ0v) is 16.6. The second-order valence-electron chi connectivity index (χ2n) is 5.63. The van der Waals surface area contributed by atoms with Gasteiger partial charge in [-0.05, 0) is 37.1 Å². The fourth-order valence-electron chi connectivity index (χ4n) is 2.18. The number of carbonyl (C=O) groups is 1. The molecule has 0 aliphatic carbocycles. The number of carbonyl (C=O) groups excluding carboxylic acids is 1. The molecular formula is C16H28ClN3O3S. The van der Waals surface area contributed by atoms with E-state index in [4.69, 9.17) is 5.73 Å². The van der Waals surface area contributed by atoms with Crippen LogP contribution in [0, 0.1) is 19.8 Å². The highest BCUT2D eigenvalue weighted by atomic mass is 35.5. The number of nitrogens with zero attached hydrogens (tertiary/aromatic N) is 1. The van der Waals surface area contributed by atoms with Gasteiger partial charge in [-0.25, -0.2) is 8.42 Å². The molecule has 0 bridgehead atoms. The quantitative estimate of drug-likeness (QED) is 0.762. The molecule has 0 radical (unpaired) electrons. The average Bonchev–Trinajstić information content (AvgIpc) is 2.51. The van der Waals surface area contributed by atoms with Crippen molar-refractivity contribution in [1.82, 2.24) is 4.31 Å². The molecule has 1 atom stereocenters. The summed E-state index contributed by atoms with van der Waals surface area (Å²) in [5.41, 5.74) is 7.68. The van der Waals surface area contributed by atoms with E-state index in [1.54, 1.807) is 26.8 Å². The maximum absolute atomic E-state index is 12.7. The van der Waals surface area contributed by atoms with E-state index in [9.17, 15) is 13.2 Å². The van der Waals surface area contributed by atoms with Gasteiger partial charge in [0.15, 0.2) is 0 Å². The second kappa shape index (κ2) is 9.36. The Labute approximate surface area is 151 Å². The van der Waals surface area contributed by atoms with Gasteiger partial charge in [-0.15, -0.1) is 12.4 Å². The lowest BCUT2D eigenvalue weighted by Crippen LogP contribution is -2.31. The summed E-state index contributed by atoms with van der Waals surface area (Å²) in [6, 6.07) is 3.17. The van der Waals surface area contributed by atoms with Crippen LogP contribution in [0.2, 0.25) is 0 Å². The molecule has 1 amide bonds. The van der Waals surface area contributed by atoms with Gasteiger partial charge in [0, 0.05) is 31.2 Å². The van der Waals surface area contributed by atoms with Gasteiger partial charge in [0.05, 0.1) is 4.90 Å². The Bertz CT molecular complexity index is 673. The molecule has 24 heavy (non-hydrogen) atoms. The molecule has 0 saturated carbocycles. The van der Waals surface area contributed by atoms with E-state index in [1.807, 2.05) is 13.8 Å². The van der Waals surface area contributed by atoms with Crippen LogP contribution in [0.1, 0.15) is 31.9 Å². The Morgan fingerprint density at radius 3 is 2.25 bits per heavy atom. The highest BCUT2D eigenvalue weighted by Gasteiger charge is 2.24. The minimum atomic E-state index is -3.57. The van der Waals surface area contributed by atoms with E-state index in [-0.39, 0.29) is 35.7 Å². The molecule has 0 spiro atoms. The van der Waals surface area contributed by atoms with Gasteiger partial charge < -0.3 is 11.1 Å². The first-order valence-corrected chi connectivity index (χ1v) is 9.25. The third-order valence-corrected chi connectivity index (χ3v) is 6.07. The number of amides is 1. The van der Waals surface area contributed by atoms with Crippen molar-refractivity contribution in [2.24, 2.45) is 11.7 Å². The lowest BCUT2D eigenvalue weighted by molar-refractivity contribution is -0.119. The van der Waals surface area contributed by atoms with Crippen LogP contribution in [0.4, 0.5) is 5.69 Å². The van der Waals surface area contributed by atoms with E-state index in [2.05, 4.69) is 5.32 Å². The number of halogens is 1. The smallest absolute Gasteiger partial charge is 0.243 e. The van der Waals surface area contributed by atoms with Crippen molar-refractivity contribution in [3.05, 3.63) is 23.3 Å². The van der Waals surface area contributed by atoms with Crippen LogP contribution in [0.3, 0.4) is 0 Å². The van der Waals surface area contributed by atoms with Crippen molar-refractivity contribution in [3.8, 4) is 0 Å². The number of nitrogens with two attached hydrogens (primary N) is 1. The lowest BCUT2D eigenvalue weighted by Gasteiger charge is -2.21. The predicted octanol–water partition coefficient (Wildman–Crippen LogP) is 2.29. The van der Waals surface area contributed by atoms with Gasteiger partial charge in [0.25, 0.3) is 0 Å². The zero-order valence-electron chi connectivity index (χ0n) is 14.9. The summed E-state index contributed by atoms with van der Waals surface area (Å²) in [6.07, 6.45) is 0. The number of nitrogens with one attached hydrogen (secondary N) is 1. The van der Waals surface area contributed by atoms with Crippen LogP contribution < -0.4 is 11.1 Å². The number of rotatable bonds is 7. The molecule has 3 N–H and O–H groups in total. The van der Waals surface area contributed by atoms with Crippen molar-refractivity contribution < 1.29 is 13.2 Å².